The molecule has 0 aromatic heterocycles. The van der Waals surface area contributed by atoms with Gasteiger partial charge in [-0.1, -0.05) is 72.3 Å². The van der Waals surface area contributed by atoms with Gasteiger partial charge in [-0.2, -0.15) is 8.42 Å². The van der Waals surface area contributed by atoms with E-state index in [-0.39, 0.29) is 27.3 Å². The molecule has 1 saturated heterocycles. The SMILES string of the molecule is O=C1S/C(=C\c2ccc(OS(=O)(=O)c3ccc4ccccc4c3)cc2)C(=O)N1Cc1ccccc1Cl. The van der Waals surface area contributed by atoms with Gasteiger partial charge in [0, 0.05) is 5.02 Å². The van der Waals surface area contributed by atoms with Crippen LogP contribution in [0.5, 0.6) is 5.75 Å². The number of rotatable bonds is 6. The lowest BCUT2D eigenvalue weighted by Gasteiger charge is -2.13. The molecule has 1 aliphatic rings. The molecule has 0 radical (unpaired) electrons. The topological polar surface area (TPSA) is 80.8 Å². The first-order valence-electron chi connectivity index (χ1n) is 10.8. The first kappa shape index (κ1) is 24.1. The Bertz CT molecular complexity index is 1630. The highest BCUT2D eigenvalue weighted by atomic mass is 35.5. The van der Waals surface area contributed by atoms with Gasteiger partial charge in [0.1, 0.15) is 10.6 Å². The van der Waals surface area contributed by atoms with Crippen LogP contribution in [0.3, 0.4) is 0 Å². The lowest BCUT2D eigenvalue weighted by molar-refractivity contribution is -0.123. The van der Waals surface area contributed by atoms with Gasteiger partial charge < -0.3 is 4.18 Å². The molecular formula is C27H18ClNO5S2. The van der Waals surface area contributed by atoms with E-state index in [0.717, 1.165) is 27.4 Å². The predicted molar refractivity (Wildman–Crippen MR) is 141 cm³/mol. The van der Waals surface area contributed by atoms with E-state index in [1.165, 1.54) is 18.2 Å². The second-order valence-corrected chi connectivity index (χ2v) is 10.9. The van der Waals surface area contributed by atoms with Crippen LogP contribution in [0.2, 0.25) is 5.02 Å². The minimum atomic E-state index is -4.03. The summed E-state index contributed by atoms with van der Waals surface area (Å²) in [6.07, 6.45) is 1.58. The summed E-state index contributed by atoms with van der Waals surface area (Å²) in [6, 6.07) is 25.5. The summed E-state index contributed by atoms with van der Waals surface area (Å²) >= 11 is 7.01. The zero-order valence-corrected chi connectivity index (χ0v) is 21.0. The van der Waals surface area contributed by atoms with Crippen LogP contribution in [0.4, 0.5) is 4.79 Å². The predicted octanol–water partition coefficient (Wildman–Crippen LogP) is 6.50. The smallest absolute Gasteiger partial charge is 0.339 e. The van der Waals surface area contributed by atoms with Crippen LogP contribution in [-0.2, 0) is 21.5 Å². The van der Waals surface area contributed by atoms with Crippen LogP contribution in [0.1, 0.15) is 11.1 Å². The Morgan fingerprint density at radius 2 is 1.56 bits per heavy atom. The lowest BCUT2D eigenvalue weighted by atomic mass is 10.1. The number of fused-ring (bicyclic) bond motifs is 1. The minimum absolute atomic E-state index is 0.0532. The second-order valence-electron chi connectivity index (χ2n) is 7.97. The van der Waals surface area contributed by atoms with Gasteiger partial charge in [0.15, 0.2) is 0 Å². The standard InChI is InChI=1S/C27H18ClNO5S2/c28-24-8-4-3-7-21(24)17-29-26(30)25(35-27(29)31)15-18-9-12-22(13-10-18)34-36(32,33)23-14-11-19-5-1-2-6-20(19)16-23/h1-16H,17H2/b25-15-. The monoisotopic (exact) mass is 535 g/mol. The van der Waals surface area contributed by atoms with E-state index in [1.807, 2.05) is 24.3 Å². The van der Waals surface area contributed by atoms with Crippen molar-refractivity contribution in [3.8, 4) is 5.75 Å². The molecule has 4 aromatic rings. The Kier molecular flexibility index (Phi) is 6.57. The minimum Gasteiger partial charge on any atom is -0.379 e. The maximum Gasteiger partial charge on any atom is 0.339 e. The van der Waals surface area contributed by atoms with Crippen molar-refractivity contribution in [3.63, 3.8) is 0 Å². The number of carbonyl (C=O) groups excluding carboxylic acids is 2. The van der Waals surface area contributed by atoms with Crippen LogP contribution >= 0.6 is 23.4 Å². The third-order valence-electron chi connectivity index (χ3n) is 5.55. The molecule has 6 nitrogen and oxygen atoms in total. The molecule has 1 fully saturated rings. The van der Waals surface area contributed by atoms with Crippen LogP contribution < -0.4 is 4.18 Å². The number of hydrogen-bond donors (Lipinski definition) is 0. The highest BCUT2D eigenvalue weighted by molar-refractivity contribution is 8.18. The first-order chi connectivity index (χ1) is 17.3. The lowest BCUT2D eigenvalue weighted by Crippen LogP contribution is -2.27. The molecule has 2 amide bonds. The summed E-state index contributed by atoms with van der Waals surface area (Å²) in [6.45, 7) is 0.0844. The summed E-state index contributed by atoms with van der Waals surface area (Å²) in [4.78, 5) is 26.7. The van der Waals surface area contributed by atoms with E-state index in [9.17, 15) is 18.0 Å². The van der Waals surface area contributed by atoms with E-state index < -0.39 is 16.0 Å². The normalized spacial score (nSPS) is 15.1. The Hall–Kier alpha value is -3.59. The fourth-order valence-electron chi connectivity index (χ4n) is 3.70. The van der Waals surface area contributed by atoms with Crippen molar-refractivity contribution in [2.24, 2.45) is 0 Å². The van der Waals surface area contributed by atoms with Gasteiger partial charge in [-0.3, -0.25) is 14.5 Å². The molecule has 0 bridgehead atoms. The van der Waals surface area contributed by atoms with Crippen LogP contribution in [0, 0.1) is 0 Å². The number of nitrogens with zero attached hydrogens (tertiary/aromatic N) is 1. The number of benzene rings is 4. The summed E-state index contributed by atoms with van der Waals surface area (Å²) in [5.74, 6) is -0.281. The van der Waals surface area contributed by atoms with E-state index >= 15 is 0 Å². The van der Waals surface area contributed by atoms with E-state index in [2.05, 4.69) is 0 Å². The fourth-order valence-corrected chi connectivity index (χ4v) is 5.70. The molecule has 1 aliphatic heterocycles. The average molecular weight is 536 g/mol. The third-order valence-corrected chi connectivity index (χ3v) is 8.07. The molecular weight excluding hydrogens is 518 g/mol. The Balaban J connectivity index is 1.30. The largest absolute Gasteiger partial charge is 0.379 e. The number of amides is 2. The van der Waals surface area contributed by atoms with Gasteiger partial charge in [0.05, 0.1) is 11.4 Å². The molecule has 0 saturated carbocycles. The highest BCUT2D eigenvalue weighted by Crippen LogP contribution is 2.34. The van der Waals surface area contributed by atoms with Crippen molar-refractivity contribution < 1.29 is 22.2 Å². The van der Waals surface area contributed by atoms with Crippen molar-refractivity contribution in [2.75, 3.05) is 0 Å². The van der Waals surface area contributed by atoms with Crippen LogP contribution in [0.25, 0.3) is 16.8 Å². The molecule has 1 heterocycles. The third kappa shape index (κ3) is 5.02. The highest BCUT2D eigenvalue weighted by Gasteiger charge is 2.35. The Morgan fingerprint density at radius 1 is 0.861 bits per heavy atom. The van der Waals surface area contributed by atoms with E-state index in [0.29, 0.717) is 16.1 Å². The summed E-state index contributed by atoms with van der Waals surface area (Å²) in [5.41, 5.74) is 1.30. The van der Waals surface area contributed by atoms with Gasteiger partial charge in [-0.25, -0.2) is 0 Å². The summed E-state index contributed by atoms with van der Waals surface area (Å²) in [7, 11) is -4.03. The van der Waals surface area contributed by atoms with Crippen LogP contribution in [-0.4, -0.2) is 24.5 Å². The first-order valence-corrected chi connectivity index (χ1v) is 13.4. The summed E-state index contributed by atoms with van der Waals surface area (Å²) in [5, 5.41) is 1.82. The number of imide groups is 1. The maximum absolute atomic E-state index is 12.8. The zero-order chi connectivity index (χ0) is 25.3. The van der Waals surface area contributed by atoms with Gasteiger partial charge in [0.25, 0.3) is 11.1 Å². The molecule has 0 N–H and O–H groups in total. The quantitative estimate of drug-likeness (QED) is 0.207. The van der Waals surface area contributed by atoms with E-state index in [1.54, 1.807) is 54.6 Å². The molecule has 180 valence electrons. The van der Waals surface area contributed by atoms with Gasteiger partial charge in [-0.05, 0) is 70.1 Å². The Labute approximate surface area is 217 Å². The molecule has 5 rings (SSSR count). The number of hydrogen-bond acceptors (Lipinski definition) is 6. The van der Waals surface area contributed by atoms with Crippen molar-refractivity contribution in [1.29, 1.82) is 0 Å². The second kappa shape index (κ2) is 9.81. The van der Waals surface area contributed by atoms with Crippen molar-refractivity contribution in [2.45, 2.75) is 11.4 Å². The maximum atomic E-state index is 12.8. The molecule has 9 heteroatoms. The molecule has 0 atom stereocenters. The number of thioether (sulfide) groups is 1. The molecule has 0 spiro atoms. The van der Waals surface area contributed by atoms with E-state index in [4.69, 9.17) is 15.8 Å². The van der Waals surface area contributed by atoms with Gasteiger partial charge in [-0.15, -0.1) is 0 Å². The van der Waals surface area contributed by atoms with Gasteiger partial charge >= 0.3 is 10.1 Å². The van der Waals surface area contributed by atoms with Gasteiger partial charge in [0.2, 0.25) is 0 Å². The zero-order valence-electron chi connectivity index (χ0n) is 18.6. The van der Waals surface area contributed by atoms with Crippen molar-refractivity contribution in [3.05, 3.63) is 112 Å². The van der Waals surface area contributed by atoms with Crippen LogP contribution in [0.15, 0.2) is 101 Å². The molecule has 0 unspecified atom stereocenters. The number of halogens is 1. The van der Waals surface area contributed by atoms with Crippen molar-refractivity contribution >= 4 is 61.5 Å². The van der Waals surface area contributed by atoms with Crippen molar-refractivity contribution in [1.82, 2.24) is 4.90 Å². The molecule has 4 aromatic carbocycles. The number of carbonyl (C=O) groups is 2. The average Bonchev–Trinajstić information content (AvgIpc) is 3.13. The molecule has 0 aliphatic carbocycles. The Morgan fingerprint density at radius 3 is 2.31 bits per heavy atom. The summed E-state index contributed by atoms with van der Waals surface area (Å²) < 4.78 is 30.8. The fraction of sp³-hybridized carbons (Fsp3) is 0.0370. The molecule has 36 heavy (non-hydrogen) atoms.